The number of nitrogens with one attached hydrogen (secondary N) is 1. The van der Waals surface area contributed by atoms with Gasteiger partial charge in [-0.2, -0.15) is 0 Å². The highest BCUT2D eigenvalue weighted by Gasteiger charge is 2.26. The molecule has 1 saturated carbocycles. The summed E-state index contributed by atoms with van der Waals surface area (Å²) >= 11 is 0. The van der Waals surface area contributed by atoms with E-state index in [0.29, 0.717) is 44.4 Å². The fourth-order valence-corrected chi connectivity index (χ4v) is 4.10. The highest BCUT2D eigenvalue weighted by Crippen LogP contribution is 2.28. The van der Waals surface area contributed by atoms with Crippen molar-refractivity contribution in [1.82, 2.24) is 15.1 Å². The topological polar surface area (TPSA) is 61.9 Å². The predicted molar refractivity (Wildman–Crippen MR) is 98.8 cm³/mol. The minimum atomic E-state index is 0. The van der Waals surface area contributed by atoms with Crippen LogP contribution in [-0.2, 0) is 14.3 Å². The number of carbonyl (C=O) groups excluding carboxylic acids is 2. The van der Waals surface area contributed by atoms with Gasteiger partial charge in [-0.05, 0) is 25.2 Å². The minimum absolute atomic E-state index is 0. The average Bonchev–Trinajstić information content (AvgIpc) is 2.96. The quantitative estimate of drug-likeness (QED) is 0.809. The smallest absolute Gasteiger partial charge is 0.224 e. The molecule has 2 amide bonds. The van der Waals surface area contributed by atoms with E-state index in [1.54, 1.807) is 0 Å². The fraction of sp³-hybridized carbons (Fsp3) is 0.889. The SMILES string of the molecule is Cl.O=C(CC1CCCC1)N1CCCN(C(=O)CC2COCCN2)CC1. The van der Waals surface area contributed by atoms with Crippen LogP contribution in [0.3, 0.4) is 0 Å². The maximum absolute atomic E-state index is 12.5. The molecule has 1 N–H and O–H groups in total. The van der Waals surface area contributed by atoms with E-state index in [9.17, 15) is 9.59 Å². The second-order valence-electron chi connectivity index (χ2n) is 7.40. The number of rotatable bonds is 4. The monoisotopic (exact) mass is 373 g/mol. The molecule has 3 fully saturated rings. The second kappa shape index (κ2) is 10.3. The van der Waals surface area contributed by atoms with Crippen LogP contribution >= 0.6 is 12.4 Å². The summed E-state index contributed by atoms with van der Waals surface area (Å²) < 4.78 is 5.42. The molecular weight excluding hydrogens is 342 g/mol. The third-order valence-electron chi connectivity index (χ3n) is 5.56. The van der Waals surface area contributed by atoms with Gasteiger partial charge >= 0.3 is 0 Å². The number of nitrogens with zero attached hydrogens (tertiary/aromatic N) is 2. The molecule has 0 radical (unpaired) electrons. The molecule has 25 heavy (non-hydrogen) atoms. The molecule has 0 aromatic carbocycles. The first-order valence-electron chi connectivity index (χ1n) is 9.59. The molecule has 6 nitrogen and oxygen atoms in total. The normalized spacial score (nSPS) is 25.4. The Labute approximate surface area is 157 Å². The van der Waals surface area contributed by atoms with Crippen LogP contribution in [0.2, 0.25) is 0 Å². The Morgan fingerprint density at radius 2 is 1.56 bits per heavy atom. The van der Waals surface area contributed by atoms with Crippen LogP contribution in [0.25, 0.3) is 0 Å². The summed E-state index contributed by atoms with van der Waals surface area (Å²) in [6.45, 7) is 5.08. The van der Waals surface area contributed by atoms with Gasteiger partial charge in [-0.1, -0.05) is 12.8 Å². The molecule has 2 saturated heterocycles. The molecule has 144 valence electrons. The van der Waals surface area contributed by atoms with Crippen molar-refractivity contribution in [3.8, 4) is 0 Å². The van der Waals surface area contributed by atoms with Gasteiger partial charge in [0.1, 0.15) is 0 Å². The van der Waals surface area contributed by atoms with Gasteiger partial charge in [0.15, 0.2) is 0 Å². The number of halogens is 1. The van der Waals surface area contributed by atoms with E-state index in [1.807, 2.05) is 9.80 Å². The predicted octanol–water partition coefficient (Wildman–Crippen LogP) is 1.43. The molecule has 0 aromatic heterocycles. The zero-order valence-electron chi connectivity index (χ0n) is 15.1. The molecular formula is C18H32ClN3O3. The Kier molecular flexibility index (Phi) is 8.46. The van der Waals surface area contributed by atoms with Crippen LogP contribution in [0.15, 0.2) is 0 Å². The molecule has 2 aliphatic heterocycles. The molecule has 0 aromatic rings. The zero-order valence-corrected chi connectivity index (χ0v) is 15.9. The largest absolute Gasteiger partial charge is 0.378 e. The van der Waals surface area contributed by atoms with Crippen LogP contribution < -0.4 is 5.32 Å². The van der Waals surface area contributed by atoms with Crippen LogP contribution in [-0.4, -0.2) is 73.6 Å². The highest BCUT2D eigenvalue weighted by molar-refractivity contribution is 5.85. The summed E-state index contributed by atoms with van der Waals surface area (Å²) in [5.74, 6) is 1.07. The van der Waals surface area contributed by atoms with Crippen LogP contribution in [0.1, 0.15) is 44.9 Å². The lowest BCUT2D eigenvalue weighted by atomic mass is 10.0. The molecule has 2 heterocycles. The Bertz CT molecular complexity index is 437. The zero-order chi connectivity index (χ0) is 16.8. The van der Waals surface area contributed by atoms with Crippen molar-refractivity contribution in [2.45, 2.75) is 51.0 Å². The Balaban J connectivity index is 0.00000225. The average molecular weight is 374 g/mol. The molecule has 1 atom stereocenters. The summed E-state index contributed by atoms with van der Waals surface area (Å²) in [7, 11) is 0. The number of morpholine rings is 1. The molecule has 3 rings (SSSR count). The van der Waals surface area contributed by atoms with Gasteiger partial charge in [0, 0.05) is 51.6 Å². The van der Waals surface area contributed by atoms with Crippen molar-refractivity contribution in [1.29, 1.82) is 0 Å². The third-order valence-corrected chi connectivity index (χ3v) is 5.56. The highest BCUT2D eigenvalue weighted by atomic mass is 35.5. The van der Waals surface area contributed by atoms with Crippen molar-refractivity contribution in [2.24, 2.45) is 5.92 Å². The lowest BCUT2D eigenvalue weighted by molar-refractivity contribution is -0.134. The van der Waals surface area contributed by atoms with Gasteiger partial charge in [-0.3, -0.25) is 9.59 Å². The Morgan fingerprint density at radius 3 is 2.16 bits per heavy atom. The number of amides is 2. The van der Waals surface area contributed by atoms with E-state index in [4.69, 9.17) is 4.74 Å². The number of hydrogen-bond donors (Lipinski definition) is 1. The summed E-state index contributed by atoms with van der Waals surface area (Å²) in [6, 6.07) is 0.134. The van der Waals surface area contributed by atoms with E-state index >= 15 is 0 Å². The number of ether oxygens (including phenoxy) is 1. The first-order chi connectivity index (χ1) is 11.7. The number of carbonyl (C=O) groups is 2. The maximum Gasteiger partial charge on any atom is 0.224 e. The van der Waals surface area contributed by atoms with E-state index in [2.05, 4.69) is 5.32 Å². The minimum Gasteiger partial charge on any atom is -0.378 e. The van der Waals surface area contributed by atoms with E-state index in [1.165, 1.54) is 25.7 Å². The second-order valence-corrected chi connectivity index (χ2v) is 7.40. The van der Waals surface area contributed by atoms with Crippen molar-refractivity contribution in [3.63, 3.8) is 0 Å². The van der Waals surface area contributed by atoms with Crippen LogP contribution in [0, 0.1) is 5.92 Å². The summed E-state index contributed by atoms with van der Waals surface area (Å²) in [4.78, 5) is 28.9. The van der Waals surface area contributed by atoms with E-state index < -0.39 is 0 Å². The standard InChI is InChI=1S/C18H31N3O3.ClH/c22-17(12-15-4-1-2-5-15)20-7-3-8-21(10-9-20)18(23)13-16-14-24-11-6-19-16;/h15-16,19H,1-14H2;1H. The first kappa shape index (κ1) is 20.5. The molecule has 1 aliphatic carbocycles. The van der Waals surface area contributed by atoms with Gasteiger partial charge in [-0.15, -0.1) is 12.4 Å². The number of hydrogen-bond acceptors (Lipinski definition) is 4. The summed E-state index contributed by atoms with van der Waals surface area (Å²) in [6.07, 6.45) is 7.06. The maximum atomic E-state index is 12.5. The summed E-state index contributed by atoms with van der Waals surface area (Å²) in [5.41, 5.74) is 0. The lowest BCUT2D eigenvalue weighted by Gasteiger charge is -2.27. The van der Waals surface area contributed by atoms with Crippen molar-refractivity contribution < 1.29 is 14.3 Å². The van der Waals surface area contributed by atoms with Crippen molar-refractivity contribution in [3.05, 3.63) is 0 Å². The molecule has 0 bridgehead atoms. The van der Waals surface area contributed by atoms with Gasteiger partial charge in [-0.25, -0.2) is 0 Å². The van der Waals surface area contributed by atoms with Gasteiger partial charge in [0.25, 0.3) is 0 Å². The first-order valence-corrected chi connectivity index (χ1v) is 9.59. The molecule has 3 aliphatic rings. The lowest BCUT2D eigenvalue weighted by Crippen LogP contribution is -2.45. The Morgan fingerprint density at radius 1 is 0.920 bits per heavy atom. The van der Waals surface area contributed by atoms with Gasteiger partial charge in [0.2, 0.25) is 11.8 Å². The van der Waals surface area contributed by atoms with E-state index in [0.717, 1.165) is 32.7 Å². The van der Waals surface area contributed by atoms with Crippen molar-refractivity contribution in [2.75, 3.05) is 45.9 Å². The summed E-state index contributed by atoms with van der Waals surface area (Å²) in [5, 5.41) is 3.34. The van der Waals surface area contributed by atoms with Gasteiger partial charge in [0.05, 0.1) is 13.2 Å². The fourth-order valence-electron chi connectivity index (χ4n) is 4.10. The van der Waals surface area contributed by atoms with Gasteiger partial charge < -0.3 is 19.9 Å². The molecule has 7 heteroatoms. The van der Waals surface area contributed by atoms with Crippen LogP contribution in [0.4, 0.5) is 0 Å². The molecule has 1 unspecified atom stereocenters. The van der Waals surface area contributed by atoms with Crippen molar-refractivity contribution >= 4 is 24.2 Å². The van der Waals surface area contributed by atoms with E-state index in [-0.39, 0.29) is 24.4 Å². The third kappa shape index (κ3) is 6.12. The molecule has 0 spiro atoms. The van der Waals surface area contributed by atoms with Crippen LogP contribution in [0.5, 0.6) is 0 Å². The Hall–Kier alpha value is -0.850.